The molecule has 92 valence electrons. The van der Waals surface area contributed by atoms with Crippen LogP contribution >= 0.6 is 12.2 Å². The molecule has 6 heteroatoms. The first-order chi connectivity index (χ1) is 7.55. The molecule has 1 heterocycles. The largest absolute Gasteiger partial charge is 0.360 e. The number of sulfone groups is 1. The SMILES string of the molecule is O=S1(=O)CCC(NC(=S)NC2CCCC2)C1. The third-order valence-electron chi connectivity index (χ3n) is 3.26. The van der Waals surface area contributed by atoms with E-state index in [1.807, 2.05) is 0 Å². The fraction of sp³-hybridized carbons (Fsp3) is 0.900. The van der Waals surface area contributed by atoms with E-state index in [0.717, 1.165) is 0 Å². The zero-order valence-electron chi connectivity index (χ0n) is 9.24. The summed E-state index contributed by atoms with van der Waals surface area (Å²) in [7, 11) is -2.82. The average Bonchev–Trinajstić information content (AvgIpc) is 2.76. The van der Waals surface area contributed by atoms with Crippen molar-refractivity contribution in [1.29, 1.82) is 0 Å². The molecule has 2 N–H and O–H groups in total. The molecular formula is C10H18N2O2S2. The van der Waals surface area contributed by atoms with E-state index < -0.39 is 9.84 Å². The summed E-state index contributed by atoms with van der Waals surface area (Å²) in [5.74, 6) is 0.510. The number of rotatable bonds is 2. The molecule has 1 saturated heterocycles. The summed E-state index contributed by atoms with van der Waals surface area (Å²) in [6.07, 6.45) is 5.54. The van der Waals surface area contributed by atoms with Crippen LogP contribution < -0.4 is 10.6 Å². The van der Waals surface area contributed by atoms with Gasteiger partial charge in [0.25, 0.3) is 0 Å². The van der Waals surface area contributed by atoms with Gasteiger partial charge in [-0.15, -0.1) is 0 Å². The topological polar surface area (TPSA) is 58.2 Å². The smallest absolute Gasteiger partial charge is 0.166 e. The third-order valence-corrected chi connectivity index (χ3v) is 5.26. The molecule has 2 aliphatic rings. The molecule has 1 unspecified atom stereocenters. The Hall–Kier alpha value is -0.360. The Morgan fingerprint density at radius 3 is 2.25 bits per heavy atom. The minimum Gasteiger partial charge on any atom is -0.360 e. The first kappa shape index (κ1) is 12.1. The van der Waals surface area contributed by atoms with Crippen LogP contribution in [0.4, 0.5) is 0 Å². The second kappa shape index (κ2) is 4.87. The Morgan fingerprint density at radius 1 is 1.06 bits per heavy atom. The van der Waals surface area contributed by atoms with Gasteiger partial charge in [0.05, 0.1) is 11.5 Å². The van der Waals surface area contributed by atoms with Crippen molar-refractivity contribution in [3.05, 3.63) is 0 Å². The van der Waals surface area contributed by atoms with Crippen LogP contribution in [0.3, 0.4) is 0 Å². The van der Waals surface area contributed by atoms with E-state index >= 15 is 0 Å². The minimum absolute atomic E-state index is 0.00593. The van der Waals surface area contributed by atoms with E-state index in [-0.39, 0.29) is 17.5 Å². The fourth-order valence-electron chi connectivity index (χ4n) is 2.39. The molecule has 1 aliphatic heterocycles. The van der Waals surface area contributed by atoms with E-state index in [1.54, 1.807) is 0 Å². The van der Waals surface area contributed by atoms with Gasteiger partial charge in [-0.05, 0) is 31.5 Å². The van der Waals surface area contributed by atoms with Gasteiger partial charge in [0.2, 0.25) is 0 Å². The summed E-state index contributed by atoms with van der Waals surface area (Å²) in [5, 5.41) is 6.98. The predicted molar refractivity (Wildman–Crippen MR) is 68.2 cm³/mol. The molecule has 0 aromatic rings. The van der Waals surface area contributed by atoms with Crippen LogP contribution in [0.25, 0.3) is 0 Å². The minimum atomic E-state index is -2.82. The number of hydrogen-bond donors (Lipinski definition) is 2. The molecule has 16 heavy (non-hydrogen) atoms. The summed E-state index contributed by atoms with van der Waals surface area (Å²) >= 11 is 5.19. The first-order valence-corrected chi connectivity index (χ1v) is 8.05. The summed E-state index contributed by atoms with van der Waals surface area (Å²) in [5.41, 5.74) is 0. The van der Waals surface area contributed by atoms with Gasteiger partial charge in [-0.2, -0.15) is 0 Å². The second-order valence-corrected chi connectivity index (χ2v) is 7.34. The highest BCUT2D eigenvalue weighted by Crippen LogP contribution is 2.17. The molecule has 0 bridgehead atoms. The quantitative estimate of drug-likeness (QED) is 0.713. The van der Waals surface area contributed by atoms with Crippen LogP contribution in [0.15, 0.2) is 0 Å². The lowest BCUT2D eigenvalue weighted by atomic mass is 10.2. The van der Waals surface area contributed by atoms with E-state index in [2.05, 4.69) is 10.6 Å². The van der Waals surface area contributed by atoms with Gasteiger partial charge in [0, 0.05) is 12.1 Å². The Kier molecular flexibility index (Phi) is 3.69. The lowest BCUT2D eigenvalue weighted by Crippen LogP contribution is -2.45. The Labute approximate surface area is 102 Å². The molecule has 4 nitrogen and oxygen atoms in total. The van der Waals surface area contributed by atoms with Crippen molar-refractivity contribution in [2.24, 2.45) is 0 Å². The molecule has 0 aromatic heterocycles. The van der Waals surface area contributed by atoms with E-state index in [0.29, 0.717) is 17.6 Å². The van der Waals surface area contributed by atoms with Crippen LogP contribution in [0.2, 0.25) is 0 Å². The molecule has 0 amide bonds. The van der Waals surface area contributed by atoms with Crippen molar-refractivity contribution >= 4 is 27.2 Å². The lowest BCUT2D eigenvalue weighted by Gasteiger charge is -2.18. The molecule has 1 saturated carbocycles. The zero-order valence-corrected chi connectivity index (χ0v) is 10.9. The van der Waals surface area contributed by atoms with E-state index in [9.17, 15) is 8.42 Å². The number of nitrogens with one attached hydrogen (secondary N) is 2. The van der Waals surface area contributed by atoms with Gasteiger partial charge < -0.3 is 10.6 Å². The monoisotopic (exact) mass is 262 g/mol. The molecular weight excluding hydrogens is 244 g/mol. The van der Waals surface area contributed by atoms with Gasteiger partial charge in [0.15, 0.2) is 14.9 Å². The first-order valence-electron chi connectivity index (χ1n) is 5.83. The highest BCUT2D eigenvalue weighted by Gasteiger charge is 2.28. The highest BCUT2D eigenvalue weighted by molar-refractivity contribution is 7.91. The normalized spacial score (nSPS) is 29.1. The lowest BCUT2D eigenvalue weighted by molar-refractivity contribution is 0.593. The number of thiocarbonyl (C=S) groups is 1. The highest BCUT2D eigenvalue weighted by atomic mass is 32.2. The standard InChI is InChI=1S/C10H18N2O2S2/c13-16(14)6-5-9(7-16)12-10(15)11-8-3-1-2-4-8/h8-9H,1-7H2,(H2,11,12,15). The van der Waals surface area contributed by atoms with Crippen LogP contribution in [0, 0.1) is 0 Å². The van der Waals surface area contributed by atoms with Gasteiger partial charge >= 0.3 is 0 Å². The maximum Gasteiger partial charge on any atom is 0.166 e. The maximum atomic E-state index is 11.3. The van der Waals surface area contributed by atoms with Gasteiger partial charge in [-0.25, -0.2) is 8.42 Å². The molecule has 0 spiro atoms. The zero-order chi connectivity index (χ0) is 11.6. The Morgan fingerprint density at radius 2 is 1.69 bits per heavy atom. The predicted octanol–water partition coefficient (Wildman–Crippen LogP) is 0.580. The fourth-order valence-corrected chi connectivity index (χ4v) is 4.40. The number of hydrogen-bond acceptors (Lipinski definition) is 3. The maximum absolute atomic E-state index is 11.3. The van der Waals surface area contributed by atoms with Crippen LogP contribution in [-0.4, -0.2) is 37.1 Å². The van der Waals surface area contributed by atoms with Gasteiger partial charge in [-0.3, -0.25) is 0 Å². The molecule has 1 aliphatic carbocycles. The Bertz CT molecular complexity index is 361. The summed E-state index contributed by atoms with van der Waals surface area (Å²) in [6.45, 7) is 0. The van der Waals surface area contributed by atoms with Crippen LogP contribution in [0.5, 0.6) is 0 Å². The summed E-state index contributed by atoms with van der Waals surface area (Å²) < 4.78 is 22.5. The molecule has 2 fully saturated rings. The van der Waals surface area contributed by atoms with Crippen molar-refractivity contribution in [3.8, 4) is 0 Å². The molecule has 0 radical (unpaired) electrons. The summed E-state index contributed by atoms with van der Waals surface area (Å²) in [4.78, 5) is 0. The summed E-state index contributed by atoms with van der Waals surface area (Å²) in [6, 6.07) is 0.490. The van der Waals surface area contributed by atoms with Gasteiger partial charge in [0.1, 0.15) is 0 Å². The van der Waals surface area contributed by atoms with Crippen molar-refractivity contribution in [2.45, 2.75) is 44.2 Å². The van der Waals surface area contributed by atoms with Crippen molar-refractivity contribution in [1.82, 2.24) is 10.6 Å². The average molecular weight is 262 g/mol. The van der Waals surface area contributed by atoms with Crippen LogP contribution in [-0.2, 0) is 9.84 Å². The third kappa shape index (κ3) is 3.31. The van der Waals surface area contributed by atoms with E-state index in [4.69, 9.17) is 12.2 Å². The van der Waals surface area contributed by atoms with Crippen molar-refractivity contribution in [3.63, 3.8) is 0 Å². The van der Waals surface area contributed by atoms with Gasteiger partial charge in [-0.1, -0.05) is 12.8 Å². The second-order valence-electron chi connectivity index (χ2n) is 4.70. The van der Waals surface area contributed by atoms with Crippen molar-refractivity contribution in [2.75, 3.05) is 11.5 Å². The van der Waals surface area contributed by atoms with Crippen molar-refractivity contribution < 1.29 is 8.42 Å². The molecule has 0 aromatic carbocycles. The van der Waals surface area contributed by atoms with Crippen LogP contribution in [0.1, 0.15) is 32.1 Å². The molecule has 1 atom stereocenters. The molecule has 2 rings (SSSR count). The Balaban J connectivity index is 1.75. The van der Waals surface area contributed by atoms with E-state index in [1.165, 1.54) is 25.7 Å².